The minimum Gasteiger partial charge on any atom is -0.497 e. The summed E-state index contributed by atoms with van der Waals surface area (Å²) in [6.45, 7) is 0.277. The van der Waals surface area contributed by atoms with Crippen LogP contribution in [0.3, 0.4) is 0 Å². The van der Waals surface area contributed by atoms with Crippen molar-refractivity contribution >= 4 is 32.4 Å². The predicted molar refractivity (Wildman–Crippen MR) is 120 cm³/mol. The summed E-state index contributed by atoms with van der Waals surface area (Å²) in [5.41, 5.74) is 0.841. The lowest BCUT2D eigenvalue weighted by molar-refractivity contribution is -0.119. The van der Waals surface area contributed by atoms with Gasteiger partial charge in [0.15, 0.2) is 0 Å². The number of nitrogens with zero attached hydrogens (tertiary/aromatic N) is 3. The monoisotopic (exact) mass is 474 g/mol. The van der Waals surface area contributed by atoms with Gasteiger partial charge in [-0.05, 0) is 61.4 Å². The second kappa shape index (κ2) is 9.23. The first-order valence-corrected chi connectivity index (χ1v) is 12.1. The first-order chi connectivity index (χ1) is 15.4. The van der Waals surface area contributed by atoms with Crippen molar-refractivity contribution in [1.29, 1.82) is 0 Å². The summed E-state index contributed by atoms with van der Waals surface area (Å²) in [5.74, 6) is 0.867. The number of hydrogen-bond acceptors (Lipinski definition) is 8. The first-order valence-electron chi connectivity index (χ1n) is 9.87. The topological polar surface area (TPSA) is 111 Å². The number of carbonyl (C=O) groups is 1. The highest BCUT2D eigenvalue weighted by Crippen LogP contribution is 2.30. The van der Waals surface area contributed by atoms with Gasteiger partial charge < -0.3 is 9.47 Å². The van der Waals surface area contributed by atoms with Gasteiger partial charge in [-0.1, -0.05) is 11.3 Å². The number of nitrogens with one attached hydrogen (secondary N) is 1. The van der Waals surface area contributed by atoms with E-state index in [4.69, 9.17) is 9.47 Å². The maximum absolute atomic E-state index is 13.1. The Morgan fingerprint density at radius 1 is 1.03 bits per heavy atom. The number of rotatable bonds is 7. The molecule has 0 spiro atoms. The quantitative estimate of drug-likeness (QED) is 0.560. The Bertz CT molecular complexity index is 1190. The number of ether oxygens (including phenoxy) is 2. The van der Waals surface area contributed by atoms with Gasteiger partial charge in [-0.25, -0.2) is 8.42 Å². The van der Waals surface area contributed by atoms with Crippen LogP contribution >= 0.6 is 11.3 Å². The van der Waals surface area contributed by atoms with E-state index in [1.165, 1.54) is 34.9 Å². The Morgan fingerprint density at radius 3 is 2.28 bits per heavy atom. The number of sulfonamides is 1. The van der Waals surface area contributed by atoms with Crippen LogP contribution in [0.2, 0.25) is 0 Å². The van der Waals surface area contributed by atoms with Crippen LogP contribution in [0.15, 0.2) is 53.4 Å². The summed E-state index contributed by atoms with van der Waals surface area (Å²) < 4.78 is 37.7. The molecule has 1 aliphatic rings. The molecule has 3 aromatic rings. The molecule has 2 heterocycles. The molecule has 1 unspecified atom stereocenters. The fraction of sp³-hybridized carbons (Fsp3) is 0.286. The SMILES string of the molecule is COc1ccc(-c2nnc(NC(=O)C3CCCN3S(=O)(=O)c3ccc(OC)cc3)s2)cc1. The van der Waals surface area contributed by atoms with Gasteiger partial charge in [-0.2, -0.15) is 4.31 Å². The molecule has 2 aromatic carbocycles. The zero-order valence-electron chi connectivity index (χ0n) is 17.5. The third-order valence-electron chi connectivity index (χ3n) is 5.16. The fourth-order valence-electron chi connectivity index (χ4n) is 3.49. The van der Waals surface area contributed by atoms with Crippen molar-refractivity contribution in [2.24, 2.45) is 0 Å². The molecule has 1 amide bonds. The molecule has 4 rings (SSSR count). The second-order valence-electron chi connectivity index (χ2n) is 7.08. The van der Waals surface area contributed by atoms with Gasteiger partial charge in [0, 0.05) is 12.1 Å². The second-order valence-corrected chi connectivity index (χ2v) is 9.95. The van der Waals surface area contributed by atoms with Gasteiger partial charge in [0.25, 0.3) is 0 Å². The Hall–Kier alpha value is -3.02. The van der Waals surface area contributed by atoms with Crippen LogP contribution in [0, 0.1) is 0 Å². The smallest absolute Gasteiger partial charge is 0.244 e. The molecular weight excluding hydrogens is 452 g/mol. The van der Waals surface area contributed by atoms with Crippen LogP contribution in [-0.4, -0.2) is 55.6 Å². The van der Waals surface area contributed by atoms with E-state index in [1.54, 1.807) is 19.2 Å². The molecule has 1 aliphatic heterocycles. The average Bonchev–Trinajstić information content (AvgIpc) is 3.49. The van der Waals surface area contributed by atoms with Crippen LogP contribution in [0.4, 0.5) is 5.13 Å². The van der Waals surface area contributed by atoms with Gasteiger partial charge >= 0.3 is 0 Å². The normalized spacial score (nSPS) is 16.6. The Balaban J connectivity index is 1.48. The summed E-state index contributed by atoms with van der Waals surface area (Å²) in [4.78, 5) is 13.0. The van der Waals surface area contributed by atoms with Crippen molar-refractivity contribution < 1.29 is 22.7 Å². The number of anilines is 1. The minimum absolute atomic E-state index is 0.121. The van der Waals surface area contributed by atoms with E-state index in [-0.39, 0.29) is 11.4 Å². The molecule has 0 bridgehead atoms. The molecule has 0 aliphatic carbocycles. The van der Waals surface area contributed by atoms with E-state index in [0.29, 0.717) is 28.7 Å². The molecule has 32 heavy (non-hydrogen) atoms. The van der Waals surface area contributed by atoms with E-state index in [0.717, 1.165) is 11.3 Å². The summed E-state index contributed by atoms with van der Waals surface area (Å²) >= 11 is 1.22. The molecular formula is C21H22N4O5S2. The van der Waals surface area contributed by atoms with E-state index < -0.39 is 22.0 Å². The van der Waals surface area contributed by atoms with Gasteiger partial charge in [0.1, 0.15) is 22.5 Å². The standard InChI is InChI=1S/C21H22N4O5S2/c1-29-15-7-5-14(6-8-15)20-23-24-21(31-20)22-19(26)18-4-3-13-25(18)32(27,28)17-11-9-16(30-2)10-12-17/h5-12,18H,3-4,13H2,1-2H3,(H,22,24,26). The third kappa shape index (κ3) is 4.45. The van der Waals surface area contributed by atoms with Crippen LogP contribution in [0.25, 0.3) is 10.6 Å². The van der Waals surface area contributed by atoms with Gasteiger partial charge in [-0.3, -0.25) is 10.1 Å². The van der Waals surface area contributed by atoms with E-state index in [2.05, 4.69) is 15.5 Å². The van der Waals surface area contributed by atoms with Crippen molar-refractivity contribution in [3.63, 3.8) is 0 Å². The molecule has 0 radical (unpaired) electrons. The van der Waals surface area contributed by atoms with E-state index in [1.807, 2.05) is 24.3 Å². The maximum atomic E-state index is 13.1. The first kappa shape index (κ1) is 22.2. The van der Waals surface area contributed by atoms with Gasteiger partial charge in [0.2, 0.25) is 21.1 Å². The van der Waals surface area contributed by atoms with E-state index in [9.17, 15) is 13.2 Å². The molecule has 1 saturated heterocycles. The van der Waals surface area contributed by atoms with Crippen LogP contribution in [-0.2, 0) is 14.8 Å². The number of methoxy groups -OCH3 is 2. The zero-order chi connectivity index (χ0) is 22.7. The third-order valence-corrected chi connectivity index (χ3v) is 7.97. The number of aromatic nitrogens is 2. The summed E-state index contributed by atoms with van der Waals surface area (Å²) in [6, 6.07) is 12.7. The highest BCUT2D eigenvalue weighted by atomic mass is 32.2. The van der Waals surface area contributed by atoms with Crippen molar-refractivity contribution in [2.45, 2.75) is 23.8 Å². The molecule has 1 fully saturated rings. The van der Waals surface area contributed by atoms with E-state index >= 15 is 0 Å². The number of benzene rings is 2. The minimum atomic E-state index is -3.82. The molecule has 0 saturated carbocycles. The highest BCUT2D eigenvalue weighted by Gasteiger charge is 2.39. The molecule has 1 atom stereocenters. The fourth-order valence-corrected chi connectivity index (χ4v) is 5.89. The van der Waals surface area contributed by atoms with Gasteiger partial charge in [-0.15, -0.1) is 10.2 Å². The molecule has 9 nitrogen and oxygen atoms in total. The summed E-state index contributed by atoms with van der Waals surface area (Å²) in [7, 11) is -0.718. The number of carbonyl (C=O) groups excluding carboxylic acids is 1. The van der Waals surface area contributed by atoms with Crippen LogP contribution < -0.4 is 14.8 Å². The zero-order valence-corrected chi connectivity index (χ0v) is 19.1. The summed E-state index contributed by atoms with van der Waals surface area (Å²) in [5, 5.41) is 11.8. The average molecular weight is 475 g/mol. The lowest BCUT2D eigenvalue weighted by Crippen LogP contribution is -2.43. The molecule has 1 aromatic heterocycles. The lowest BCUT2D eigenvalue weighted by atomic mass is 10.2. The van der Waals surface area contributed by atoms with Crippen molar-refractivity contribution in [3.05, 3.63) is 48.5 Å². The maximum Gasteiger partial charge on any atom is 0.244 e. The van der Waals surface area contributed by atoms with Crippen LogP contribution in [0.5, 0.6) is 11.5 Å². The largest absolute Gasteiger partial charge is 0.497 e. The number of hydrogen-bond donors (Lipinski definition) is 1. The van der Waals surface area contributed by atoms with Gasteiger partial charge in [0.05, 0.1) is 19.1 Å². The summed E-state index contributed by atoms with van der Waals surface area (Å²) in [6.07, 6.45) is 1.03. The van der Waals surface area contributed by atoms with Crippen LogP contribution in [0.1, 0.15) is 12.8 Å². The Morgan fingerprint density at radius 2 is 1.66 bits per heavy atom. The highest BCUT2D eigenvalue weighted by molar-refractivity contribution is 7.89. The number of amides is 1. The Kier molecular flexibility index (Phi) is 6.40. The Labute approximate surface area is 190 Å². The van der Waals surface area contributed by atoms with Crippen molar-refractivity contribution in [1.82, 2.24) is 14.5 Å². The molecule has 168 valence electrons. The molecule has 1 N–H and O–H groups in total. The lowest BCUT2D eigenvalue weighted by Gasteiger charge is -2.23. The predicted octanol–water partition coefficient (Wildman–Crippen LogP) is 3.01. The van der Waals surface area contributed by atoms with Crippen molar-refractivity contribution in [3.8, 4) is 22.1 Å². The molecule has 11 heteroatoms. The van der Waals surface area contributed by atoms with Crippen molar-refractivity contribution in [2.75, 3.05) is 26.1 Å².